The van der Waals surface area contributed by atoms with E-state index in [0.29, 0.717) is 11.4 Å². The first kappa shape index (κ1) is 15.4. The highest BCUT2D eigenvalue weighted by Crippen LogP contribution is 2.19. The number of hydrogen-bond donors (Lipinski definition) is 1. The molecular weight excluding hydrogens is 282 g/mol. The molecule has 0 aliphatic heterocycles. The fraction of sp³-hybridized carbons (Fsp3) is 0.312. The van der Waals surface area contributed by atoms with Crippen molar-refractivity contribution in [2.75, 3.05) is 6.54 Å². The molecule has 0 aliphatic carbocycles. The van der Waals surface area contributed by atoms with Crippen molar-refractivity contribution >= 4 is 23.3 Å². The highest BCUT2D eigenvalue weighted by atomic mass is 32.1. The Labute approximate surface area is 129 Å². The van der Waals surface area contributed by atoms with Gasteiger partial charge in [-0.2, -0.15) is 0 Å². The Morgan fingerprint density at radius 3 is 3.05 bits per heavy atom. The largest absolute Gasteiger partial charge is 0.348 e. The Balaban J connectivity index is 1.88. The molecule has 0 aromatic carbocycles. The average molecular weight is 301 g/mol. The van der Waals surface area contributed by atoms with Crippen molar-refractivity contribution in [2.45, 2.75) is 26.7 Å². The molecule has 2 heterocycles. The monoisotopic (exact) mass is 301 g/mol. The summed E-state index contributed by atoms with van der Waals surface area (Å²) in [6.07, 6.45) is 9.34. The van der Waals surface area contributed by atoms with Crippen LogP contribution in [0.25, 0.3) is 6.08 Å². The van der Waals surface area contributed by atoms with Crippen molar-refractivity contribution in [3.63, 3.8) is 0 Å². The first-order chi connectivity index (χ1) is 10.2. The molecule has 0 unspecified atom stereocenters. The van der Waals surface area contributed by atoms with Gasteiger partial charge in [0.05, 0.1) is 10.7 Å². The van der Waals surface area contributed by atoms with Gasteiger partial charge >= 0.3 is 0 Å². The zero-order chi connectivity index (χ0) is 15.1. The predicted molar refractivity (Wildman–Crippen MR) is 86.5 cm³/mol. The van der Waals surface area contributed by atoms with Crippen molar-refractivity contribution in [1.82, 2.24) is 15.3 Å². The molecule has 0 radical (unpaired) electrons. The smallest absolute Gasteiger partial charge is 0.263 e. The van der Waals surface area contributed by atoms with Gasteiger partial charge in [-0.05, 0) is 31.4 Å². The molecule has 5 heteroatoms. The third-order valence-electron chi connectivity index (χ3n) is 2.89. The van der Waals surface area contributed by atoms with Crippen LogP contribution in [0.15, 0.2) is 30.6 Å². The molecule has 0 fully saturated rings. The highest BCUT2D eigenvalue weighted by molar-refractivity contribution is 7.13. The molecule has 0 spiro atoms. The fourth-order valence-corrected chi connectivity index (χ4v) is 2.97. The summed E-state index contributed by atoms with van der Waals surface area (Å²) >= 11 is 1.49. The van der Waals surface area contributed by atoms with Crippen LogP contribution in [-0.4, -0.2) is 22.4 Å². The lowest BCUT2D eigenvalue weighted by Crippen LogP contribution is -2.23. The molecule has 2 aromatic rings. The lowest BCUT2D eigenvalue weighted by molar-refractivity contribution is 0.0961. The van der Waals surface area contributed by atoms with E-state index in [-0.39, 0.29) is 5.91 Å². The number of thiazole rings is 1. The van der Waals surface area contributed by atoms with Gasteiger partial charge in [-0.1, -0.05) is 25.1 Å². The highest BCUT2D eigenvalue weighted by Gasteiger charge is 2.13. The molecule has 4 nitrogen and oxygen atoms in total. The Hall–Kier alpha value is -2.01. The average Bonchev–Trinajstić information content (AvgIpc) is 2.86. The zero-order valence-corrected chi connectivity index (χ0v) is 13.1. The van der Waals surface area contributed by atoms with Gasteiger partial charge in [0.15, 0.2) is 0 Å². The first-order valence-electron chi connectivity index (χ1n) is 7.01. The van der Waals surface area contributed by atoms with Crippen LogP contribution in [0.1, 0.15) is 39.3 Å². The molecule has 0 atom stereocenters. The van der Waals surface area contributed by atoms with Gasteiger partial charge < -0.3 is 5.32 Å². The van der Waals surface area contributed by atoms with E-state index in [2.05, 4.69) is 22.2 Å². The van der Waals surface area contributed by atoms with E-state index in [1.807, 2.05) is 31.2 Å². The first-order valence-corrected chi connectivity index (χ1v) is 7.83. The van der Waals surface area contributed by atoms with Crippen LogP contribution in [0, 0.1) is 6.92 Å². The van der Waals surface area contributed by atoms with Crippen molar-refractivity contribution in [1.29, 1.82) is 0 Å². The van der Waals surface area contributed by atoms with E-state index in [0.717, 1.165) is 29.1 Å². The molecule has 0 saturated heterocycles. The second-order valence-electron chi connectivity index (χ2n) is 4.67. The Morgan fingerprint density at radius 2 is 2.33 bits per heavy atom. The van der Waals surface area contributed by atoms with Gasteiger partial charge in [0, 0.05) is 18.9 Å². The molecule has 0 aliphatic rings. The normalized spacial score (nSPS) is 11.0. The topological polar surface area (TPSA) is 54.9 Å². The summed E-state index contributed by atoms with van der Waals surface area (Å²) < 4.78 is 0. The molecule has 1 N–H and O–H groups in total. The van der Waals surface area contributed by atoms with Gasteiger partial charge in [0.1, 0.15) is 4.88 Å². The van der Waals surface area contributed by atoms with Crippen LogP contribution in [0.5, 0.6) is 0 Å². The van der Waals surface area contributed by atoms with Crippen LogP contribution in [0.3, 0.4) is 0 Å². The Kier molecular flexibility index (Phi) is 5.63. The van der Waals surface area contributed by atoms with Crippen molar-refractivity contribution in [3.05, 3.63) is 51.7 Å². The minimum absolute atomic E-state index is 0.0526. The van der Waals surface area contributed by atoms with Gasteiger partial charge in [-0.3, -0.25) is 9.78 Å². The van der Waals surface area contributed by atoms with E-state index >= 15 is 0 Å². The lowest BCUT2D eigenvalue weighted by Gasteiger charge is -1.99. The maximum Gasteiger partial charge on any atom is 0.263 e. The molecule has 0 saturated carbocycles. The SMILES string of the molecule is CCCc1nc(C)c(C(=O)NC/C=C/c2cccnc2)s1. The fourth-order valence-electron chi connectivity index (χ4n) is 1.89. The molecule has 21 heavy (non-hydrogen) atoms. The van der Waals surface area contributed by atoms with Crippen molar-refractivity contribution < 1.29 is 4.79 Å². The van der Waals surface area contributed by atoms with Gasteiger partial charge in [0.25, 0.3) is 5.91 Å². The molecule has 2 aromatic heterocycles. The van der Waals surface area contributed by atoms with E-state index in [9.17, 15) is 4.79 Å². The van der Waals surface area contributed by atoms with Crippen LogP contribution in [-0.2, 0) is 6.42 Å². The van der Waals surface area contributed by atoms with E-state index in [1.165, 1.54) is 11.3 Å². The van der Waals surface area contributed by atoms with Crippen molar-refractivity contribution in [3.8, 4) is 0 Å². The minimum Gasteiger partial charge on any atom is -0.348 e. The minimum atomic E-state index is -0.0526. The summed E-state index contributed by atoms with van der Waals surface area (Å²) in [7, 11) is 0. The Morgan fingerprint density at radius 1 is 1.48 bits per heavy atom. The molecule has 110 valence electrons. The summed E-state index contributed by atoms with van der Waals surface area (Å²) in [6.45, 7) is 4.49. The summed E-state index contributed by atoms with van der Waals surface area (Å²) in [5.41, 5.74) is 1.84. The summed E-state index contributed by atoms with van der Waals surface area (Å²) in [6, 6.07) is 3.85. The Bertz CT molecular complexity index is 620. The second-order valence-corrected chi connectivity index (χ2v) is 5.75. The molecule has 0 bridgehead atoms. The third-order valence-corrected chi connectivity index (χ3v) is 4.10. The molecule has 2 rings (SSSR count). The zero-order valence-electron chi connectivity index (χ0n) is 12.3. The number of amides is 1. The maximum atomic E-state index is 12.1. The number of carbonyl (C=O) groups is 1. The second kappa shape index (κ2) is 7.69. The van der Waals surface area contributed by atoms with Crippen LogP contribution >= 0.6 is 11.3 Å². The van der Waals surface area contributed by atoms with Gasteiger partial charge in [-0.15, -0.1) is 11.3 Å². The number of nitrogens with zero attached hydrogens (tertiary/aromatic N) is 2. The predicted octanol–water partition coefficient (Wildman–Crippen LogP) is 3.24. The summed E-state index contributed by atoms with van der Waals surface area (Å²) in [5.74, 6) is -0.0526. The van der Waals surface area contributed by atoms with Crippen molar-refractivity contribution in [2.24, 2.45) is 0 Å². The van der Waals surface area contributed by atoms with E-state index in [1.54, 1.807) is 12.4 Å². The number of carbonyl (C=O) groups excluding carboxylic acids is 1. The lowest BCUT2D eigenvalue weighted by atomic mass is 10.2. The number of aryl methyl sites for hydroxylation is 2. The van der Waals surface area contributed by atoms with Crippen LogP contribution in [0.4, 0.5) is 0 Å². The molecular formula is C16H19N3OS. The van der Waals surface area contributed by atoms with Gasteiger partial charge in [-0.25, -0.2) is 4.98 Å². The number of nitrogens with one attached hydrogen (secondary N) is 1. The number of aromatic nitrogens is 2. The van der Waals surface area contributed by atoms with Gasteiger partial charge in [0.2, 0.25) is 0 Å². The van der Waals surface area contributed by atoms with E-state index < -0.39 is 0 Å². The maximum absolute atomic E-state index is 12.1. The quantitative estimate of drug-likeness (QED) is 0.891. The number of hydrogen-bond acceptors (Lipinski definition) is 4. The summed E-state index contributed by atoms with van der Waals surface area (Å²) in [5, 5.41) is 3.92. The number of rotatable bonds is 6. The van der Waals surface area contributed by atoms with E-state index in [4.69, 9.17) is 0 Å². The molecule has 1 amide bonds. The van der Waals surface area contributed by atoms with Crippen LogP contribution in [0.2, 0.25) is 0 Å². The standard InChI is InChI=1S/C16H19N3OS/c1-3-6-14-19-12(2)15(21-14)16(20)18-10-5-8-13-7-4-9-17-11-13/h4-5,7-9,11H,3,6,10H2,1-2H3,(H,18,20)/b8-5+. The van der Waals surface area contributed by atoms with Crippen LogP contribution < -0.4 is 5.32 Å². The summed E-state index contributed by atoms with van der Waals surface area (Å²) in [4.78, 5) is 21.3. The third kappa shape index (κ3) is 4.49. The number of pyridine rings is 1.